The lowest BCUT2D eigenvalue weighted by Crippen LogP contribution is -2.32. The second-order valence-corrected chi connectivity index (χ2v) is 6.06. The van der Waals surface area contributed by atoms with Gasteiger partial charge in [-0.1, -0.05) is 18.6 Å². The Morgan fingerprint density at radius 3 is 2.56 bits per heavy atom. The van der Waals surface area contributed by atoms with Gasteiger partial charge in [0.2, 0.25) is 0 Å². The molecule has 0 aliphatic heterocycles. The van der Waals surface area contributed by atoms with Gasteiger partial charge in [-0.3, -0.25) is 4.79 Å². The zero-order valence-corrected chi connectivity index (χ0v) is 11.8. The molecule has 2 aliphatic rings. The summed E-state index contributed by atoms with van der Waals surface area (Å²) < 4.78 is 5.15. The molecule has 18 heavy (non-hydrogen) atoms. The fraction of sp³-hybridized carbons (Fsp3) is 0.812. The number of carbonyl (C=O) groups is 1. The first-order valence-electron chi connectivity index (χ1n) is 7.44. The third-order valence-corrected chi connectivity index (χ3v) is 4.69. The van der Waals surface area contributed by atoms with Crippen molar-refractivity contribution in [2.45, 2.75) is 52.4 Å². The van der Waals surface area contributed by atoms with E-state index in [-0.39, 0.29) is 5.97 Å². The molecule has 2 fully saturated rings. The largest absolute Gasteiger partial charge is 0.466 e. The predicted molar refractivity (Wildman–Crippen MR) is 73.1 cm³/mol. The minimum absolute atomic E-state index is 0.0127. The minimum atomic E-state index is -0.0127. The van der Waals surface area contributed by atoms with Crippen LogP contribution < -0.4 is 0 Å². The summed E-state index contributed by atoms with van der Waals surface area (Å²) in [7, 11) is 0. The van der Waals surface area contributed by atoms with Crippen molar-refractivity contribution in [2.75, 3.05) is 6.61 Å². The quantitative estimate of drug-likeness (QED) is 0.545. The van der Waals surface area contributed by atoms with E-state index in [1.807, 2.05) is 6.92 Å². The first-order chi connectivity index (χ1) is 8.63. The minimum Gasteiger partial charge on any atom is -0.466 e. The standard InChI is InChI=1S/C16H26O2/c1-4-18-16(17)10-15-13(11(2)3)6-5-7-14(15)12-8-9-12/h12-15H,2,4-10H2,1,3H3. The molecule has 3 unspecified atom stereocenters. The van der Waals surface area contributed by atoms with E-state index in [1.54, 1.807) is 0 Å². The van der Waals surface area contributed by atoms with E-state index in [9.17, 15) is 4.79 Å². The molecule has 102 valence electrons. The lowest BCUT2D eigenvalue weighted by Gasteiger charge is -2.38. The molecular formula is C16H26O2. The second kappa shape index (κ2) is 5.90. The fourth-order valence-corrected chi connectivity index (χ4v) is 3.73. The van der Waals surface area contributed by atoms with E-state index in [0.717, 1.165) is 11.8 Å². The number of hydrogen-bond acceptors (Lipinski definition) is 2. The van der Waals surface area contributed by atoms with E-state index < -0.39 is 0 Å². The summed E-state index contributed by atoms with van der Waals surface area (Å²) in [6, 6.07) is 0. The third kappa shape index (κ3) is 3.15. The highest BCUT2D eigenvalue weighted by Crippen LogP contribution is 2.51. The Balaban J connectivity index is 2.05. The predicted octanol–water partition coefficient (Wildman–Crippen LogP) is 3.96. The molecule has 0 aromatic heterocycles. The molecule has 0 aromatic rings. The van der Waals surface area contributed by atoms with Crippen LogP contribution in [-0.2, 0) is 9.53 Å². The normalized spacial score (nSPS) is 32.0. The van der Waals surface area contributed by atoms with Crippen LogP contribution >= 0.6 is 0 Å². The maximum Gasteiger partial charge on any atom is 0.306 e. The lowest BCUT2D eigenvalue weighted by molar-refractivity contribution is -0.145. The van der Waals surface area contributed by atoms with Gasteiger partial charge in [0.1, 0.15) is 0 Å². The Morgan fingerprint density at radius 2 is 2.00 bits per heavy atom. The van der Waals surface area contributed by atoms with Gasteiger partial charge in [-0.25, -0.2) is 0 Å². The molecular weight excluding hydrogens is 224 g/mol. The Hall–Kier alpha value is -0.790. The average Bonchev–Trinajstić information content (AvgIpc) is 3.13. The number of allylic oxidation sites excluding steroid dienone is 1. The molecule has 2 aliphatic carbocycles. The summed E-state index contributed by atoms with van der Waals surface area (Å²) >= 11 is 0. The van der Waals surface area contributed by atoms with Gasteiger partial charge in [0, 0.05) is 6.42 Å². The topological polar surface area (TPSA) is 26.3 Å². The molecule has 0 saturated heterocycles. The molecule has 0 radical (unpaired) electrons. The van der Waals surface area contributed by atoms with Crippen molar-refractivity contribution >= 4 is 5.97 Å². The van der Waals surface area contributed by atoms with Crippen LogP contribution in [0.25, 0.3) is 0 Å². The summed E-state index contributed by atoms with van der Waals surface area (Å²) in [6.07, 6.45) is 7.16. The van der Waals surface area contributed by atoms with Crippen molar-refractivity contribution in [3.63, 3.8) is 0 Å². The zero-order valence-electron chi connectivity index (χ0n) is 11.8. The van der Waals surface area contributed by atoms with Crippen molar-refractivity contribution in [3.8, 4) is 0 Å². The molecule has 0 heterocycles. The Labute approximate surface area is 111 Å². The average molecular weight is 250 g/mol. The highest BCUT2D eigenvalue weighted by Gasteiger charge is 2.42. The number of carbonyl (C=O) groups excluding carboxylic acids is 1. The maximum absolute atomic E-state index is 11.8. The van der Waals surface area contributed by atoms with Crippen molar-refractivity contribution in [1.82, 2.24) is 0 Å². The summed E-state index contributed by atoms with van der Waals surface area (Å²) in [6.45, 7) is 8.65. The molecule has 2 nitrogen and oxygen atoms in total. The van der Waals surface area contributed by atoms with E-state index >= 15 is 0 Å². The molecule has 3 atom stereocenters. The summed E-state index contributed by atoms with van der Waals surface area (Å²) in [5, 5.41) is 0. The van der Waals surface area contributed by atoms with Gasteiger partial charge in [-0.05, 0) is 63.2 Å². The molecule has 2 saturated carbocycles. The molecule has 2 heteroatoms. The number of rotatable bonds is 5. The number of esters is 1. The van der Waals surface area contributed by atoms with Gasteiger partial charge in [0.05, 0.1) is 6.61 Å². The zero-order chi connectivity index (χ0) is 13.1. The second-order valence-electron chi connectivity index (χ2n) is 6.06. The summed E-state index contributed by atoms with van der Waals surface area (Å²) in [5.74, 6) is 2.63. The van der Waals surface area contributed by atoms with E-state index in [4.69, 9.17) is 4.74 Å². The van der Waals surface area contributed by atoms with Crippen LogP contribution in [0.1, 0.15) is 52.4 Å². The van der Waals surface area contributed by atoms with Crippen molar-refractivity contribution in [2.24, 2.45) is 23.7 Å². The van der Waals surface area contributed by atoms with Crippen LogP contribution in [0, 0.1) is 23.7 Å². The van der Waals surface area contributed by atoms with Gasteiger partial charge in [0.15, 0.2) is 0 Å². The highest BCUT2D eigenvalue weighted by atomic mass is 16.5. The van der Waals surface area contributed by atoms with Crippen LogP contribution in [0.3, 0.4) is 0 Å². The van der Waals surface area contributed by atoms with Gasteiger partial charge in [-0.15, -0.1) is 0 Å². The summed E-state index contributed by atoms with van der Waals surface area (Å²) in [4.78, 5) is 11.8. The monoisotopic (exact) mass is 250 g/mol. The maximum atomic E-state index is 11.8. The van der Waals surface area contributed by atoms with E-state index in [1.165, 1.54) is 37.7 Å². The Morgan fingerprint density at radius 1 is 1.28 bits per heavy atom. The third-order valence-electron chi connectivity index (χ3n) is 4.69. The van der Waals surface area contributed by atoms with Crippen LogP contribution in [0.4, 0.5) is 0 Å². The van der Waals surface area contributed by atoms with Crippen LogP contribution in [0.2, 0.25) is 0 Å². The van der Waals surface area contributed by atoms with Gasteiger partial charge >= 0.3 is 5.97 Å². The molecule has 0 N–H and O–H groups in total. The lowest BCUT2D eigenvalue weighted by atomic mass is 9.66. The molecule has 2 rings (SSSR count). The van der Waals surface area contributed by atoms with Gasteiger partial charge in [-0.2, -0.15) is 0 Å². The van der Waals surface area contributed by atoms with E-state index in [2.05, 4.69) is 13.5 Å². The fourth-order valence-electron chi connectivity index (χ4n) is 3.73. The van der Waals surface area contributed by atoms with Gasteiger partial charge in [0.25, 0.3) is 0 Å². The van der Waals surface area contributed by atoms with E-state index in [0.29, 0.717) is 24.9 Å². The molecule has 0 amide bonds. The summed E-state index contributed by atoms with van der Waals surface area (Å²) in [5.41, 5.74) is 1.26. The highest BCUT2D eigenvalue weighted by molar-refractivity contribution is 5.69. The van der Waals surface area contributed by atoms with Crippen LogP contribution in [0.15, 0.2) is 12.2 Å². The molecule has 0 spiro atoms. The Bertz CT molecular complexity index is 317. The van der Waals surface area contributed by atoms with Crippen LogP contribution in [-0.4, -0.2) is 12.6 Å². The smallest absolute Gasteiger partial charge is 0.306 e. The Kier molecular flexibility index (Phi) is 4.47. The number of ether oxygens (including phenoxy) is 1. The first kappa shape index (κ1) is 13.6. The molecule has 0 aromatic carbocycles. The SMILES string of the molecule is C=C(C)C1CCCC(C2CC2)C1CC(=O)OCC. The van der Waals surface area contributed by atoms with Crippen molar-refractivity contribution in [1.29, 1.82) is 0 Å². The molecule has 0 bridgehead atoms. The van der Waals surface area contributed by atoms with Crippen molar-refractivity contribution in [3.05, 3.63) is 12.2 Å². The van der Waals surface area contributed by atoms with Crippen molar-refractivity contribution < 1.29 is 9.53 Å². The van der Waals surface area contributed by atoms with Gasteiger partial charge < -0.3 is 4.74 Å². The first-order valence-corrected chi connectivity index (χ1v) is 7.44. The number of hydrogen-bond donors (Lipinski definition) is 0. The van der Waals surface area contributed by atoms with Crippen LogP contribution in [0.5, 0.6) is 0 Å².